The average Bonchev–Trinajstić information content (AvgIpc) is 2.44. The van der Waals surface area contributed by atoms with Crippen LogP contribution in [0.25, 0.3) is 0 Å². The molecule has 0 saturated carbocycles. The van der Waals surface area contributed by atoms with Gasteiger partial charge in [-0.1, -0.05) is 31.2 Å². The quantitative estimate of drug-likeness (QED) is 0.795. The molecule has 112 valence electrons. The van der Waals surface area contributed by atoms with Crippen LogP contribution in [0.15, 0.2) is 24.3 Å². The number of aliphatic carboxylic acids is 1. The number of likely N-dealkylation sites (N-methyl/N-ethyl adjacent to an activating group) is 1. The Kier molecular flexibility index (Phi) is 6.68. The predicted molar refractivity (Wildman–Crippen MR) is 79.9 cm³/mol. The zero-order chi connectivity index (χ0) is 15.1. The van der Waals surface area contributed by atoms with Gasteiger partial charge in [-0.3, -0.25) is 9.69 Å². The normalized spacial score (nSPS) is 14.2. The Morgan fingerprint density at radius 3 is 2.35 bits per heavy atom. The minimum Gasteiger partial charge on any atom is -0.481 e. The summed E-state index contributed by atoms with van der Waals surface area (Å²) in [6.45, 7) is 8.50. The fraction of sp³-hybridized carbons (Fsp3) is 0.562. The van der Waals surface area contributed by atoms with Crippen LogP contribution in [-0.2, 0) is 16.1 Å². The van der Waals surface area contributed by atoms with Crippen LogP contribution in [0.1, 0.15) is 37.8 Å². The molecule has 4 heteroatoms. The van der Waals surface area contributed by atoms with Gasteiger partial charge in [-0.15, -0.1) is 0 Å². The summed E-state index contributed by atoms with van der Waals surface area (Å²) in [6.07, 6.45) is 0. The summed E-state index contributed by atoms with van der Waals surface area (Å²) in [7, 11) is 1.71. The van der Waals surface area contributed by atoms with Gasteiger partial charge in [-0.25, -0.2) is 0 Å². The molecule has 0 spiro atoms. The Hall–Kier alpha value is -1.39. The molecular weight excluding hydrogens is 254 g/mol. The molecule has 2 atom stereocenters. The summed E-state index contributed by atoms with van der Waals surface area (Å²) >= 11 is 0. The highest BCUT2D eigenvalue weighted by atomic mass is 16.5. The van der Waals surface area contributed by atoms with E-state index in [2.05, 4.69) is 18.7 Å². The lowest BCUT2D eigenvalue weighted by molar-refractivity contribution is -0.138. The van der Waals surface area contributed by atoms with E-state index in [0.717, 1.165) is 18.7 Å². The second-order valence-corrected chi connectivity index (χ2v) is 5.17. The summed E-state index contributed by atoms with van der Waals surface area (Å²) in [4.78, 5) is 13.3. The molecule has 0 aliphatic carbocycles. The third kappa shape index (κ3) is 4.62. The van der Waals surface area contributed by atoms with Crippen molar-refractivity contribution in [2.24, 2.45) is 0 Å². The van der Waals surface area contributed by atoms with Crippen molar-refractivity contribution in [3.8, 4) is 0 Å². The van der Waals surface area contributed by atoms with Crippen LogP contribution in [0.5, 0.6) is 0 Å². The molecule has 1 aromatic rings. The molecule has 0 aromatic heterocycles. The maximum atomic E-state index is 10.9. The number of benzene rings is 1. The monoisotopic (exact) mass is 279 g/mol. The van der Waals surface area contributed by atoms with Gasteiger partial charge in [0.05, 0.1) is 12.5 Å². The van der Waals surface area contributed by atoms with Gasteiger partial charge in [0.25, 0.3) is 0 Å². The van der Waals surface area contributed by atoms with E-state index >= 15 is 0 Å². The number of methoxy groups -OCH3 is 1. The Bertz CT molecular complexity index is 416. The first kappa shape index (κ1) is 16.7. The highest BCUT2D eigenvalue weighted by molar-refractivity contribution is 5.75. The summed E-state index contributed by atoms with van der Waals surface area (Å²) in [6, 6.07) is 8.20. The number of nitrogens with zero attached hydrogens (tertiary/aromatic N) is 1. The Balaban J connectivity index is 2.71. The van der Waals surface area contributed by atoms with Crippen LogP contribution in [0.3, 0.4) is 0 Å². The SMILES string of the molecule is CCN(Cc1ccc(C(C)C(=O)O)cc1)C(C)COC. The van der Waals surface area contributed by atoms with Crippen LogP contribution in [0, 0.1) is 0 Å². The first-order valence-electron chi connectivity index (χ1n) is 7.04. The van der Waals surface area contributed by atoms with E-state index in [1.54, 1.807) is 14.0 Å². The number of rotatable bonds is 8. The minimum absolute atomic E-state index is 0.364. The second kappa shape index (κ2) is 8.02. The van der Waals surface area contributed by atoms with Crippen LogP contribution < -0.4 is 0 Å². The minimum atomic E-state index is -0.790. The summed E-state index contributed by atoms with van der Waals surface area (Å²) < 4.78 is 5.19. The van der Waals surface area contributed by atoms with Crippen molar-refractivity contribution in [2.75, 3.05) is 20.3 Å². The molecule has 0 heterocycles. The third-order valence-electron chi connectivity index (χ3n) is 3.67. The zero-order valence-electron chi connectivity index (χ0n) is 12.8. The number of carbonyl (C=O) groups is 1. The maximum Gasteiger partial charge on any atom is 0.310 e. The van der Waals surface area contributed by atoms with Gasteiger partial charge in [0.15, 0.2) is 0 Å². The van der Waals surface area contributed by atoms with Gasteiger partial charge in [0.2, 0.25) is 0 Å². The van der Waals surface area contributed by atoms with Crippen LogP contribution >= 0.6 is 0 Å². The molecule has 20 heavy (non-hydrogen) atoms. The molecule has 0 saturated heterocycles. The van der Waals surface area contributed by atoms with Gasteiger partial charge in [-0.2, -0.15) is 0 Å². The number of hydrogen-bond donors (Lipinski definition) is 1. The number of hydrogen-bond acceptors (Lipinski definition) is 3. The predicted octanol–water partition coefficient (Wildman–Crippen LogP) is 2.73. The smallest absolute Gasteiger partial charge is 0.310 e. The zero-order valence-corrected chi connectivity index (χ0v) is 12.8. The van der Waals surface area contributed by atoms with Crippen LogP contribution in [-0.4, -0.2) is 42.3 Å². The molecule has 0 aliphatic rings. The van der Waals surface area contributed by atoms with Gasteiger partial charge < -0.3 is 9.84 Å². The summed E-state index contributed by atoms with van der Waals surface area (Å²) in [5.74, 6) is -1.25. The highest BCUT2D eigenvalue weighted by Gasteiger charge is 2.15. The molecule has 0 fully saturated rings. The van der Waals surface area contributed by atoms with Crippen LogP contribution in [0.2, 0.25) is 0 Å². The largest absolute Gasteiger partial charge is 0.481 e. The van der Waals surface area contributed by atoms with Gasteiger partial charge in [0, 0.05) is 19.7 Å². The van der Waals surface area contributed by atoms with Crippen molar-refractivity contribution in [3.05, 3.63) is 35.4 Å². The Labute approximate surface area is 121 Å². The van der Waals surface area contributed by atoms with E-state index in [9.17, 15) is 4.79 Å². The van der Waals surface area contributed by atoms with Gasteiger partial charge in [-0.05, 0) is 31.5 Å². The van der Waals surface area contributed by atoms with Crippen LogP contribution in [0.4, 0.5) is 0 Å². The van der Waals surface area contributed by atoms with E-state index in [0.29, 0.717) is 12.6 Å². The lowest BCUT2D eigenvalue weighted by atomic mass is 10.00. The Morgan fingerprint density at radius 2 is 1.90 bits per heavy atom. The highest BCUT2D eigenvalue weighted by Crippen LogP contribution is 2.17. The lowest BCUT2D eigenvalue weighted by Crippen LogP contribution is -2.35. The first-order valence-corrected chi connectivity index (χ1v) is 7.04. The fourth-order valence-electron chi connectivity index (χ4n) is 2.21. The molecule has 1 N–H and O–H groups in total. The standard InChI is InChI=1S/C16H25NO3/c1-5-17(12(2)11-20-4)10-14-6-8-15(9-7-14)13(3)16(18)19/h6-9,12-13H,5,10-11H2,1-4H3,(H,18,19). The van der Waals surface area contributed by atoms with Gasteiger partial charge in [0.1, 0.15) is 0 Å². The number of ether oxygens (including phenoxy) is 1. The summed E-state index contributed by atoms with van der Waals surface area (Å²) in [5, 5.41) is 9.00. The molecule has 0 aliphatic heterocycles. The van der Waals surface area contributed by atoms with E-state index in [1.807, 2.05) is 24.3 Å². The fourth-order valence-corrected chi connectivity index (χ4v) is 2.21. The topological polar surface area (TPSA) is 49.8 Å². The molecule has 0 amide bonds. The average molecular weight is 279 g/mol. The van der Waals surface area contributed by atoms with Crippen molar-refractivity contribution < 1.29 is 14.6 Å². The molecular formula is C16H25NO3. The van der Waals surface area contributed by atoms with E-state index in [4.69, 9.17) is 9.84 Å². The molecule has 2 unspecified atom stereocenters. The maximum absolute atomic E-state index is 10.9. The van der Waals surface area contributed by atoms with Crippen molar-refractivity contribution in [1.29, 1.82) is 0 Å². The first-order chi connectivity index (χ1) is 9.49. The van der Waals surface area contributed by atoms with E-state index in [1.165, 1.54) is 5.56 Å². The molecule has 1 aromatic carbocycles. The van der Waals surface area contributed by atoms with E-state index < -0.39 is 11.9 Å². The third-order valence-corrected chi connectivity index (χ3v) is 3.67. The van der Waals surface area contributed by atoms with E-state index in [-0.39, 0.29) is 0 Å². The molecule has 1 rings (SSSR count). The summed E-state index contributed by atoms with van der Waals surface area (Å²) in [5.41, 5.74) is 2.03. The van der Waals surface area contributed by atoms with Crippen molar-refractivity contribution in [2.45, 2.75) is 39.3 Å². The number of carboxylic acid groups (broad SMARTS) is 1. The second-order valence-electron chi connectivity index (χ2n) is 5.17. The van der Waals surface area contributed by atoms with Gasteiger partial charge >= 0.3 is 5.97 Å². The molecule has 0 radical (unpaired) electrons. The van der Waals surface area contributed by atoms with Crippen molar-refractivity contribution >= 4 is 5.97 Å². The molecule has 0 bridgehead atoms. The Morgan fingerprint density at radius 1 is 1.30 bits per heavy atom. The number of carboxylic acids is 1. The van der Waals surface area contributed by atoms with Crippen molar-refractivity contribution in [3.63, 3.8) is 0 Å². The van der Waals surface area contributed by atoms with Crippen molar-refractivity contribution in [1.82, 2.24) is 4.90 Å². The molecule has 4 nitrogen and oxygen atoms in total. The lowest BCUT2D eigenvalue weighted by Gasteiger charge is -2.27.